The first-order valence-corrected chi connectivity index (χ1v) is 9.33. The van der Waals surface area contributed by atoms with Crippen LogP contribution in [0.5, 0.6) is 5.75 Å². The summed E-state index contributed by atoms with van der Waals surface area (Å²) in [6.45, 7) is -1.53. The normalized spacial score (nSPS) is 14.0. The molecule has 154 valence electrons. The van der Waals surface area contributed by atoms with Crippen LogP contribution in [-0.2, 0) is 16.1 Å². The third-order valence-corrected chi connectivity index (χ3v) is 4.53. The van der Waals surface area contributed by atoms with Crippen molar-refractivity contribution in [2.24, 2.45) is 0 Å². The summed E-state index contributed by atoms with van der Waals surface area (Å²) >= 11 is 0. The first-order valence-electron chi connectivity index (χ1n) is 9.33. The Kier molecular flexibility index (Phi) is 6.77. The highest BCUT2D eigenvalue weighted by Gasteiger charge is 2.21. The van der Waals surface area contributed by atoms with E-state index in [-0.39, 0.29) is 24.1 Å². The summed E-state index contributed by atoms with van der Waals surface area (Å²) in [6.07, 6.45) is 1.39. The molecule has 0 atom stereocenters. The van der Waals surface area contributed by atoms with Crippen LogP contribution in [0.15, 0.2) is 48.5 Å². The van der Waals surface area contributed by atoms with Gasteiger partial charge in [0, 0.05) is 30.9 Å². The van der Waals surface area contributed by atoms with Crippen LogP contribution in [0.3, 0.4) is 0 Å². The molecular weight excluding hydrogens is 380 g/mol. The molecule has 0 aliphatic carbocycles. The SMILES string of the molecule is CN(CC(=O)Nc1cccc(N2CCCC2=O)c1)Cc1ccc(OC(F)F)cc1. The van der Waals surface area contributed by atoms with Crippen LogP contribution < -0.4 is 15.0 Å². The van der Waals surface area contributed by atoms with Gasteiger partial charge in [-0.2, -0.15) is 8.78 Å². The molecular formula is C21H23F2N3O3. The lowest BCUT2D eigenvalue weighted by molar-refractivity contribution is -0.117. The molecule has 0 spiro atoms. The standard InChI is InChI=1S/C21H23F2N3O3/c1-25(13-15-7-9-18(10-8-15)29-21(22)23)14-19(27)24-16-4-2-5-17(12-16)26-11-3-6-20(26)28/h2,4-5,7-10,12,21H,3,6,11,13-14H2,1H3,(H,24,27). The first kappa shape index (κ1) is 20.7. The van der Waals surface area contributed by atoms with E-state index in [1.165, 1.54) is 12.1 Å². The Hall–Kier alpha value is -3.00. The lowest BCUT2D eigenvalue weighted by atomic mass is 10.2. The van der Waals surface area contributed by atoms with Gasteiger partial charge in [0.1, 0.15) is 5.75 Å². The molecule has 1 aliphatic heterocycles. The Morgan fingerprint density at radius 1 is 1.24 bits per heavy atom. The Morgan fingerprint density at radius 3 is 2.66 bits per heavy atom. The van der Waals surface area contributed by atoms with E-state index in [0.717, 1.165) is 17.7 Å². The highest BCUT2D eigenvalue weighted by Crippen LogP contribution is 2.24. The lowest BCUT2D eigenvalue weighted by Gasteiger charge is -2.18. The van der Waals surface area contributed by atoms with E-state index in [4.69, 9.17) is 0 Å². The number of halogens is 2. The van der Waals surface area contributed by atoms with Gasteiger partial charge >= 0.3 is 6.61 Å². The van der Waals surface area contributed by atoms with E-state index in [9.17, 15) is 18.4 Å². The number of ether oxygens (including phenoxy) is 1. The predicted molar refractivity (Wildman–Crippen MR) is 106 cm³/mol. The number of likely N-dealkylation sites (N-methyl/N-ethyl adjacent to an activating group) is 1. The molecule has 1 N–H and O–H groups in total. The number of rotatable bonds is 8. The van der Waals surface area contributed by atoms with Crippen LogP contribution in [0.2, 0.25) is 0 Å². The monoisotopic (exact) mass is 403 g/mol. The van der Waals surface area contributed by atoms with Gasteiger partial charge in [0.15, 0.2) is 0 Å². The first-order chi connectivity index (χ1) is 13.9. The van der Waals surface area contributed by atoms with Gasteiger partial charge in [-0.15, -0.1) is 0 Å². The molecule has 29 heavy (non-hydrogen) atoms. The van der Waals surface area contributed by atoms with Crippen LogP contribution in [0.4, 0.5) is 20.2 Å². The average Bonchev–Trinajstić information content (AvgIpc) is 3.09. The second kappa shape index (κ2) is 9.47. The van der Waals surface area contributed by atoms with Crippen molar-refractivity contribution in [3.8, 4) is 5.75 Å². The molecule has 0 saturated carbocycles. The van der Waals surface area contributed by atoms with E-state index in [1.54, 1.807) is 36.2 Å². The average molecular weight is 403 g/mol. The predicted octanol–water partition coefficient (Wildman–Crippen LogP) is 3.49. The van der Waals surface area contributed by atoms with Crippen molar-refractivity contribution >= 4 is 23.2 Å². The maximum atomic E-state index is 12.3. The van der Waals surface area contributed by atoms with Crippen molar-refractivity contribution in [1.29, 1.82) is 0 Å². The van der Waals surface area contributed by atoms with Gasteiger partial charge < -0.3 is 15.0 Å². The highest BCUT2D eigenvalue weighted by molar-refractivity contribution is 5.97. The lowest BCUT2D eigenvalue weighted by Crippen LogP contribution is -2.30. The minimum absolute atomic E-state index is 0.0955. The zero-order valence-corrected chi connectivity index (χ0v) is 16.1. The van der Waals surface area contributed by atoms with Gasteiger partial charge in [-0.3, -0.25) is 14.5 Å². The fourth-order valence-electron chi connectivity index (χ4n) is 3.26. The van der Waals surface area contributed by atoms with Crippen LogP contribution in [0.25, 0.3) is 0 Å². The van der Waals surface area contributed by atoms with E-state index in [1.807, 2.05) is 17.0 Å². The van der Waals surface area contributed by atoms with E-state index >= 15 is 0 Å². The maximum absolute atomic E-state index is 12.3. The van der Waals surface area contributed by atoms with Crippen LogP contribution >= 0.6 is 0 Å². The molecule has 1 aliphatic rings. The summed E-state index contributed by atoms with van der Waals surface area (Å²) in [5.74, 6) is 0.00809. The van der Waals surface area contributed by atoms with Crippen LogP contribution in [-0.4, -0.2) is 43.5 Å². The number of alkyl halides is 2. The molecule has 2 aromatic rings. The summed E-state index contributed by atoms with van der Waals surface area (Å²) in [6, 6.07) is 13.6. The number of amides is 2. The fraction of sp³-hybridized carbons (Fsp3) is 0.333. The highest BCUT2D eigenvalue weighted by atomic mass is 19.3. The van der Waals surface area contributed by atoms with Crippen molar-refractivity contribution in [2.45, 2.75) is 26.0 Å². The number of carbonyl (C=O) groups is 2. The van der Waals surface area contributed by atoms with Crippen LogP contribution in [0.1, 0.15) is 18.4 Å². The molecule has 0 aromatic heterocycles. The Labute approximate surface area is 168 Å². The molecule has 1 saturated heterocycles. The smallest absolute Gasteiger partial charge is 0.387 e. The summed E-state index contributed by atoms with van der Waals surface area (Å²) in [4.78, 5) is 27.8. The number of hydrogen-bond donors (Lipinski definition) is 1. The minimum Gasteiger partial charge on any atom is -0.435 e. The number of hydrogen-bond acceptors (Lipinski definition) is 4. The van der Waals surface area contributed by atoms with E-state index in [2.05, 4.69) is 10.1 Å². The van der Waals surface area contributed by atoms with Gasteiger partial charge in [0.25, 0.3) is 0 Å². The van der Waals surface area contributed by atoms with E-state index < -0.39 is 6.61 Å². The quantitative estimate of drug-likeness (QED) is 0.733. The van der Waals surface area contributed by atoms with Gasteiger partial charge in [-0.25, -0.2) is 0 Å². The third kappa shape index (κ3) is 5.99. The van der Waals surface area contributed by atoms with Gasteiger partial charge in [0.2, 0.25) is 11.8 Å². The molecule has 2 aromatic carbocycles. The molecule has 2 amide bonds. The maximum Gasteiger partial charge on any atom is 0.387 e. The van der Waals surface area contributed by atoms with Gasteiger partial charge in [-0.05, 0) is 49.4 Å². The summed E-state index contributed by atoms with van der Waals surface area (Å²) < 4.78 is 28.7. The molecule has 3 rings (SSSR count). The van der Waals surface area contributed by atoms with E-state index in [0.29, 0.717) is 25.2 Å². The number of benzene rings is 2. The molecule has 8 heteroatoms. The zero-order valence-electron chi connectivity index (χ0n) is 16.1. The number of carbonyl (C=O) groups excluding carboxylic acids is 2. The van der Waals surface area contributed by atoms with Crippen molar-refractivity contribution in [3.63, 3.8) is 0 Å². The topological polar surface area (TPSA) is 61.9 Å². The molecule has 0 unspecified atom stereocenters. The largest absolute Gasteiger partial charge is 0.435 e. The molecule has 0 bridgehead atoms. The molecule has 1 heterocycles. The number of nitrogens with zero attached hydrogens (tertiary/aromatic N) is 2. The number of anilines is 2. The van der Waals surface area contributed by atoms with Crippen molar-refractivity contribution in [1.82, 2.24) is 4.90 Å². The van der Waals surface area contributed by atoms with Gasteiger partial charge in [-0.1, -0.05) is 18.2 Å². The fourth-order valence-corrected chi connectivity index (χ4v) is 3.26. The number of nitrogens with one attached hydrogen (secondary N) is 1. The second-order valence-corrected chi connectivity index (χ2v) is 6.94. The zero-order chi connectivity index (χ0) is 20.8. The summed E-state index contributed by atoms with van der Waals surface area (Å²) in [7, 11) is 1.79. The Bertz CT molecular complexity index is 859. The third-order valence-electron chi connectivity index (χ3n) is 4.53. The second-order valence-electron chi connectivity index (χ2n) is 6.94. The van der Waals surface area contributed by atoms with Crippen molar-refractivity contribution < 1.29 is 23.1 Å². The molecule has 0 radical (unpaired) electrons. The Morgan fingerprint density at radius 2 is 2.00 bits per heavy atom. The molecule has 6 nitrogen and oxygen atoms in total. The van der Waals surface area contributed by atoms with Crippen LogP contribution in [0, 0.1) is 0 Å². The summed E-state index contributed by atoms with van der Waals surface area (Å²) in [5, 5.41) is 2.85. The van der Waals surface area contributed by atoms with Crippen molar-refractivity contribution in [2.75, 3.05) is 30.4 Å². The minimum atomic E-state index is -2.85. The van der Waals surface area contributed by atoms with Gasteiger partial charge in [0.05, 0.1) is 6.54 Å². The summed E-state index contributed by atoms with van der Waals surface area (Å²) in [5.41, 5.74) is 2.29. The Balaban J connectivity index is 1.52. The van der Waals surface area contributed by atoms with Crippen molar-refractivity contribution in [3.05, 3.63) is 54.1 Å². The molecule has 1 fully saturated rings.